The first-order chi connectivity index (χ1) is 10.2. The molecule has 1 unspecified atom stereocenters. The molecule has 1 atom stereocenters. The van der Waals surface area contributed by atoms with Gasteiger partial charge in [-0.2, -0.15) is 0 Å². The van der Waals surface area contributed by atoms with E-state index in [1.807, 2.05) is 0 Å². The van der Waals surface area contributed by atoms with Gasteiger partial charge in [-0.05, 0) is 38.5 Å². The van der Waals surface area contributed by atoms with E-state index < -0.39 is 5.97 Å². The molecular formula is C18H33NaO3. The number of carbonyl (C=O) groups excluding carboxylic acids is 1. The van der Waals surface area contributed by atoms with Gasteiger partial charge in [-0.1, -0.05) is 64.0 Å². The van der Waals surface area contributed by atoms with Crippen molar-refractivity contribution in [1.29, 1.82) is 0 Å². The fourth-order valence-corrected chi connectivity index (χ4v) is 2.34. The van der Waals surface area contributed by atoms with Crippen molar-refractivity contribution in [3.8, 4) is 0 Å². The van der Waals surface area contributed by atoms with Gasteiger partial charge in [-0.25, -0.2) is 0 Å². The van der Waals surface area contributed by atoms with E-state index in [4.69, 9.17) is 0 Å². The van der Waals surface area contributed by atoms with Gasteiger partial charge >= 0.3 is 29.6 Å². The molecule has 0 aliphatic heterocycles. The summed E-state index contributed by atoms with van der Waals surface area (Å²) >= 11 is 0. The van der Waals surface area contributed by atoms with Crippen molar-refractivity contribution >= 4 is 5.97 Å². The third-order valence-corrected chi connectivity index (χ3v) is 3.72. The first kappa shape index (κ1) is 24.4. The molecular weight excluding hydrogens is 287 g/mol. The number of carboxylic acids is 1. The maximum absolute atomic E-state index is 10.2. The molecule has 3 nitrogen and oxygen atoms in total. The van der Waals surface area contributed by atoms with Crippen molar-refractivity contribution in [3.05, 3.63) is 12.2 Å². The first-order valence-corrected chi connectivity index (χ1v) is 8.69. The van der Waals surface area contributed by atoms with Gasteiger partial charge in [0.2, 0.25) is 0 Å². The van der Waals surface area contributed by atoms with Crippen LogP contribution < -0.4 is 34.7 Å². The van der Waals surface area contributed by atoms with E-state index in [0.717, 1.165) is 51.4 Å². The van der Waals surface area contributed by atoms with Crippen molar-refractivity contribution in [1.82, 2.24) is 0 Å². The number of aliphatic hydroxyl groups is 1. The maximum Gasteiger partial charge on any atom is 1.00 e. The summed E-state index contributed by atoms with van der Waals surface area (Å²) in [4.78, 5) is 10.2. The van der Waals surface area contributed by atoms with Crippen LogP contribution in [0.5, 0.6) is 0 Å². The number of hydrogen-bond donors (Lipinski definition) is 1. The summed E-state index contributed by atoms with van der Waals surface area (Å²) in [6, 6.07) is 0. The zero-order chi connectivity index (χ0) is 15.8. The summed E-state index contributed by atoms with van der Waals surface area (Å²) in [5.74, 6) is -0.929. The van der Waals surface area contributed by atoms with Gasteiger partial charge in [0.25, 0.3) is 0 Å². The molecule has 0 aromatic rings. The van der Waals surface area contributed by atoms with Crippen LogP contribution in [0.4, 0.5) is 0 Å². The van der Waals surface area contributed by atoms with Crippen LogP contribution in [0.25, 0.3) is 0 Å². The standard InChI is InChI=1S/C18H34O3.Na/c1-2-3-14-17(19)15-12-10-8-6-4-5-7-9-11-13-16-18(20)21;/h10,12,17,19H,2-9,11,13-16H2,1H3,(H,20,21);/q;+1/p-1/b12-10+;. The molecule has 22 heavy (non-hydrogen) atoms. The number of rotatable bonds is 15. The Hall–Kier alpha value is 0.170. The Bertz CT molecular complexity index is 267. The molecule has 0 aromatic carbocycles. The number of aliphatic carboxylic acids is 1. The predicted octanol–water partition coefficient (Wildman–Crippen LogP) is 0.749. The zero-order valence-electron chi connectivity index (χ0n) is 14.7. The molecule has 0 bridgehead atoms. The summed E-state index contributed by atoms with van der Waals surface area (Å²) in [5, 5.41) is 19.9. The van der Waals surface area contributed by atoms with Crippen LogP contribution in [-0.4, -0.2) is 17.2 Å². The summed E-state index contributed by atoms with van der Waals surface area (Å²) in [7, 11) is 0. The zero-order valence-corrected chi connectivity index (χ0v) is 16.7. The Kier molecular flexibility index (Phi) is 21.3. The quantitative estimate of drug-likeness (QED) is 0.275. The molecule has 0 aliphatic carbocycles. The summed E-state index contributed by atoms with van der Waals surface area (Å²) < 4.78 is 0. The second kappa shape index (κ2) is 19.2. The predicted molar refractivity (Wildman–Crippen MR) is 85.8 cm³/mol. The number of allylic oxidation sites excluding steroid dienone is 1. The van der Waals surface area contributed by atoms with Crippen LogP contribution in [0.2, 0.25) is 0 Å². The molecule has 0 rings (SSSR count). The molecule has 1 N–H and O–H groups in total. The molecule has 0 radical (unpaired) electrons. The number of aliphatic hydroxyl groups excluding tert-OH is 1. The number of carbonyl (C=O) groups is 1. The SMILES string of the molecule is CCCCC(O)C/C=C/CCCCCCCCCC(=O)[O-].[Na+]. The van der Waals surface area contributed by atoms with E-state index in [0.29, 0.717) is 0 Å². The van der Waals surface area contributed by atoms with E-state index in [1.165, 1.54) is 25.7 Å². The van der Waals surface area contributed by atoms with Crippen molar-refractivity contribution in [2.24, 2.45) is 0 Å². The van der Waals surface area contributed by atoms with Gasteiger partial charge < -0.3 is 15.0 Å². The van der Waals surface area contributed by atoms with E-state index >= 15 is 0 Å². The minimum atomic E-state index is -0.929. The van der Waals surface area contributed by atoms with Gasteiger partial charge in [0.05, 0.1) is 6.10 Å². The van der Waals surface area contributed by atoms with Gasteiger partial charge in [-0.3, -0.25) is 0 Å². The summed E-state index contributed by atoms with van der Waals surface area (Å²) in [6.45, 7) is 2.14. The van der Waals surface area contributed by atoms with Gasteiger partial charge in [0.1, 0.15) is 0 Å². The van der Waals surface area contributed by atoms with Gasteiger partial charge in [0.15, 0.2) is 0 Å². The third-order valence-electron chi connectivity index (χ3n) is 3.72. The molecule has 0 fully saturated rings. The van der Waals surface area contributed by atoms with Crippen molar-refractivity contribution in [2.75, 3.05) is 0 Å². The summed E-state index contributed by atoms with van der Waals surface area (Å²) in [6.07, 6.45) is 17.2. The summed E-state index contributed by atoms with van der Waals surface area (Å²) in [5.41, 5.74) is 0. The largest absolute Gasteiger partial charge is 1.00 e. The van der Waals surface area contributed by atoms with Crippen LogP contribution in [0, 0.1) is 0 Å². The molecule has 0 spiro atoms. The maximum atomic E-state index is 10.2. The molecule has 0 heterocycles. The Morgan fingerprint density at radius 2 is 1.59 bits per heavy atom. The molecule has 0 amide bonds. The Labute approximate surface area is 158 Å². The van der Waals surface area contributed by atoms with E-state index in [1.54, 1.807) is 0 Å². The topological polar surface area (TPSA) is 60.4 Å². The normalized spacial score (nSPS) is 12.3. The van der Waals surface area contributed by atoms with Crippen LogP contribution in [0.1, 0.15) is 90.4 Å². The Morgan fingerprint density at radius 1 is 1.00 bits per heavy atom. The fourth-order valence-electron chi connectivity index (χ4n) is 2.34. The monoisotopic (exact) mass is 320 g/mol. The van der Waals surface area contributed by atoms with Crippen LogP contribution in [0.3, 0.4) is 0 Å². The first-order valence-electron chi connectivity index (χ1n) is 8.69. The van der Waals surface area contributed by atoms with Crippen molar-refractivity contribution < 1.29 is 44.6 Å². The molecule has 4 heteroatoms. The van der Waals surface area contributed by atoms with Crippen LogP contribution >= 0.6 is 0 Å². The van der Waals surface area contributed by atoms with E-state index in [2.05, 4.69) is 19.1 Å². The number of unbranched alkanes of at least 4 members (excludes halogenated alkanes) is 8. The fraction of sp³-hybridized carbons (Fsp3) is 0.833. The Balaban J connectivity index is 0. The minimum Gasteiger partial charge on any atom is -0.550 e. The smallest absolute Gasteiger partial charge is 0.550 e. The second-order valence-corrected chi connectivity index (χ2v) is 5.89. The molecule has 0 saturated heterocycles. The molecule has 0 aromatic heterocycles. The van der Waals surface area contributed by atoms with E-state index in [9.17, 15) is 15.0 Å². The van der Waals surface area contributed by atoms with Crippen LogP contribution in [0.15, 0.2) is 12.2 Å². The van der Waals surface area contributed by atoms with Crippen molar-refractivity contribution in [2.45, 2.75) is 96.5 Å². The van der Waals surface area contributed by atoms with Crippen molar-refractivity contribution in [3.63, 3.8) is 0 Å². The average molecular weight is 320 g/mol. The van der Waals surface area contributed by atoms with Gasteiger partial charge in [0, 0.05) is 5.97 Å². The minimum absolute atomic E-state index is 0. The molecule has 124 valence electrons. The second-order valence-electron chi connectivity index (χ2n) is 5.89. The number of carboxylic acid groups (broad SMARTS) is 1. The van der Waals surface area contributed by atoms with Crippen LogP contribution in [-0.2, 0) is 4.79 Å². The Morgan fingerprint density at radius 3 is 2.18 bits per heavy atom. The molecule has 0 aliphatic rings. The third kappa shape index (κ3) is 20.2. The number of hydrogen-bond acceptors (Lipinski definition) is 3. The molecule has 0 saturated carbocycles. The average Bonchev–Trinajstić information content (AvgIpc) is 2.45. The van der Waals surface area contributed by atoms with Gasteiger partial charge in [-0.15, -0.1) is 0 Å². The van der Waals surface area contributed by atoms with E-state index in [-0.39, 0.29) is 42.1 Å².